The Bertz CT molecular complexity index is 725. The standard InChI is InChI=1S/C15H17F3N4O/c1-10-8-19-6-7-21(10)13(23)9-22-12-5-3-2-4-11(12)20-14(22)15(16,17)18/h2-5,10,19H,6-9H2,1H3/t10-/m1/s1. The molecule has 0 unspecified atom stereocenters. The molecule has 0 aliphatic carbocycles. The number of hydrogen-bond acceptors (Lipinski definition) is 3. The highest BCUT2D eigenvalue weighted by Crippen LogP contribution is 2.31. The molecular formula is C15H17F3N4O. The van der Waals surface area contributed by atoms with Gasteiger partial charge in [0.1, 0.15) is 6.54 Å². The largest absolute Gasteiger partial charge is 0.449 e. The molecule has 2 heterocycles. The van der Waals surface area contributed by atoms with Crippen molar-refractivity contribution in [2.24, 2.45) is 0 Å². The number of piperazine rings is 1. The number of nitrogens with zero attached hydrogens (tertiary/aromatic N) is 3. The lowest BCUT2D eigenvalue weighted by Gasteiger charge is -2.34. The average molecular weight is 326 g/mol. The van der Waals surface area contributed by atoms with Gasteiger partial charge in [0.05, 0.1) is 11.0 Å². The summed E-state index contributed by atoms with van der Waals surface area (Å²) in [6, 6.07) is 6.28. The number of fused-ring (bicyclic) bond motifs is 1. The van der Waals surface area contributed by atoms with Crippen molar-refractivity contribution < 1.29 is 18.0 Å². The van der Waals surface area contributed by atoms with Crippen molar-refractivity contribution in [1.82, 2.24) is 19.8 Å². The van der Waals surface area contributed by atoms with Crippen LogP contribution in [0.25, 0.3) is 11.0 Å². The van der Waals surface area contributed by atoms with E-state index in [0.29, 0.717) is 25.2 Å². The van der Waals surface area contributed by atoms with Gasteiger partial charge in [-0.1, -0.05) is 12.1 Å². The van der Waals surface area contributed by atoms with E-state index < -0.39 is 12.0 Å². The summed E-state index contributed by atoms with van der Waals surface area (Å²) >= 11 is 0. The van der Waals surface area contributed by atoms with Crippen LogP contribution >= 0.6 is 0 Å². The zero-order valence-electron chi connectivity index (χ0n) is 12.6. The Labute approximate surface area is 131 Å². The maximum absolute atomic E-state index is 13.2. The molecule has 0 radical (unpaired) electrons. The highest BCUT2D eigenvalue weighted by molar-refractivity contribution is 5.81. The zero-order chi connectivity index (χ0) is 16.6. The molecule has 1 atom stereocenters. The fraction of sp³-hybridized carbons (Fsp3) is 0.467. The highest BCUT2D eigenvalue weighted by Gasteiger charge is 2.38. The summed E-state index contributed by atoms with van der Waals surface area (Å²) in [6.45, 7) is 3.30. The second kappa shape index (κ2) is 5.84. The molecule has 1 N–H and O–H groups in total. The van der Waals surface area contributed by atoms with E-state index in [1.54, 1.807) is 23.1 Å². The zero-order valence-corrected chi connectivity index (χ0v) is 12.6. The minimum absolute atomic E-state index is 0.0413. The van der Waals surface area contributed by atoms with Crippen LogP contribution in [-0.4, -0.2) is 46.0 Å². The molecule has 0 spiro atoms. The van der Waals surface area contributed by atoms with Crippen LogP contribution in [0.3, 0.4) is 0 Å². The number of rotatable bonds is 2. The Morgan fingerprint density at radius 3 is 2.83 bits per heavy atom. The van der Waals surface area contributed by atoms with E-state index in [0.717, 1.165) is 4.57 Å². The molecule has 23 heavy (non-hydrogen) atoms. The molecular weight excluding hydrogens is 309 g/mol. The lowest BCUT2D eigenvalue weighted by Crippen LogP contribution is -2.53. The van der Waals surface area contributed by atoms with Crippen LogP contribution in [0.4, 0.5) is 13.2 Å². The van der Waals surface area contributed by atoms with Crippen LogP contribution in [0.1, 0.15) is 12.7 Å². The Hall–Kier alpha value is -2.09. The number of amides is 1. The van der Waals surface area contributed by atoms with Gasteiger partial charge in [-0.2, -0.15) is 13.2 Å². The van der Waals surface area contributed by atoms with Crippen molar-refractivity contribution >= 4 is 16.9 Å². The number of hydrogen-bond donors (Lipinski definition) is 1. The Morgan fingerprint density at radius 2 is 2.13 bits per heavy atom. The molecule has 0 saturated carbocycles. The van der Waals surface area contributed by atoms with Crippen molar-refractivity contribution in [3.63, 3.8) is 0 Å². The minimum atomic E-state index is -4.60. The number of benzene rings is 1. The maximum atomic E-state index is 13.2. The summed E-state index contributed by atoms with van der Waals surface area (Å²) < 4.78 is 40.7. The Morgan fingerprint density at radius 1 is 1.39 bits per heavy atom. The molecule has 1 aromatic carbocycles. The third-order valence-corrected chi connectivity index (χ3v) is 4.02. The molecule has 1 saturated heterocycles. The normalized spacial score (nSPS) is 19.3. The first-order valence-electron chi connectivity index (χ1n) is 7.40. The van der Waals surface area contributed by atoms with Gasteiger partial charge in [-0.05, 0) is 19.1 Å². The van der Waals surface area contributed by atoms with Gasteiger partial charge in [-0.15, -0.1) is 0 Å². The van der Waals surface area contributed by atoms with E-state index in [9.17, 15) is 18.0 Å². The van der Waals surface area contributed by atoms with Crippen molar-refractivity contribution in [3.8, 4) is 0 Å². The molecule has 1 aromatic heterocycles. The molecule has 5 nitrogen and oxygen atoms in total. The average Bonchev–Trinajstić information content (AvgIpc) is 2.87. The monoisotopic (exact) mass is 326 g/mol. The second-order valence-electron chi connectivity index (χ2n) is 5.65. The molecule has 8 heteroatoms. The van der Waals surface area contributed by atoms with E-state index in [1.807, 2.05) is 6.92 Å². The topological polar surface area (TPSA) is 50.2 Å². The van der Waals surface area contributed by atoms with Gasteiger partial charge in [-0.25, -0.2) is 4.98 Å². The van der Waals surface area contributed by atoms with Crippen molar-refractivity contribution in [3.05, 3.63) is 30.1 Å². The van der Waals surface area contributed by atoms with E-state index in [1.165, 1.54) is 6.07 Å². The molecule has 2 aromatic rings. The molecule has 3 rings (SSSR count). The second-order valence-corrected chi connectivity index (χ2v) is 5.65. The first kappa shape index (κ1) is 15.8. The number of alkyl halides is 3. The summed E-state index contributed by atoms with van der Waals surface area (Å²) in [6.07, 6.45) is -4.60. The fourth-order valence-corrected chi connectivity index (χ4v) is 2.89. The quantitative estimate of drug-likeness (QED) is 0.917. The third-order valence-electron chi connectivity index (χ3n) is 4.02. The molecule has 124 valence electrons. The summed E-state index contributed by atoms with van der Waals surface area (Å²) in [4.78, 5) is 17.8. The number of carbonyl (C=O) groups is 1. The van der Waals surface area contributed by atoms with Gasteiger partial charge in [-0.3, -0.25) is 4.79 Å². The van der Waals surface area contributed by atoms with Crippen LogP contribution in [0, 0.1) is 0 Å². The van der Waals surface area contributed by atoms with Crippen LogP contribution in [0.15, 0.2) is 24.3 Å². The van der Waals surface area contributed by atoms with Gasteiger partial charge in [0.25, 0.3) is 0 Å². The minimum Gasteiger partial charge on any atom is -0.336 e. The van der Waals surface area contributed by atoms with E-state index >= 15 is 0 Å². The number of nitrogens with one attached hydrogen (secondary N) is 1. The molecule has 0 bridgehead atoms. The first-order valence-corrected chi connectivity index (χ1v) is 7.40. The molecule has 1 fully saturated rings. The van der Waals surface area contributed by atoms with Crippen molar-refractivity contribution in [2.45, 2.75) is 25.7 Å². The van der Waals surface area contributed by atoms with Crippen molar-refractivity contribution in [1.29, 1.82) is 0 Å². The number of carbonyl (C=O) groups excluding carboxylic acids is 1. The Kier molecular flexibility index (Phi) is 4.01. The van der Waals surface area contributed by atoms with E-state index in [-0.39, 0.29) is 24.0 Å². The number of para-hydroxylation sites is 2. The lowest BCUT2D eigenvalue weighted by atomic mass is 10.2. The number of imidazole rings is 1. The summed E-state index contributed by atoms with van der Waals surface area (Å²) in [5, 5.41) is 3.15. The van der Waals surface area contributed by atoms with Crippen molar-refractivity contribution in [2.75, 3.05) is 19.6 Å². The summed E-state index contributed by atoms with van der Waals surface area (Å²) in [7, 11) is 0. The van der Waals surface area contributed by atoms with Crippen LogP contribution in [0.2, 0.25) is 0 Å². The SMILES string of the molecule is C[C@@H]1CNCCN1C(=O)Cn1c(C(F)(F)F)nc2ccccc21. The van der Waals surface area contributed by atoms with E-state index in [2.05, 4.69) is 10.3 Å². The summed E-state index contributed by atoms with van der Waals surface area (Å²) in [5.74, 6) is -1.36. The smallest absolute Gasteiger partial charge is 0.336 e. The lowest BCUT2D eigenvalue weighted by molar-refractivity contribution is -0.148. The first-order chi connectivity index (χ1) is 10.9. The maximum Gasteiger partial charge on any atom is 0.449 e. The summed E-state index contributed by atoms with van der Waals surface area (Å²) in [5.41, 5.74) is 0.553. The van der Waals surface area contributed by atoms with Crippen LogP contribution in [0.5, 0.6) is 0 Å². The third kappa shape index (κ3) is 3.03. The van der Waals surface area contributed by atoms with E-state index in [4.69, 9.17) is 0 Å². The number of aromatic nitrogens is 2. The van der Waals surface area contributed by atoms with Gasteiger partial charge in [0.2, 0.25) is 11.7 Å². The van der Waals surface area contributed by atoms with Gasteiger partial charge in [0.15, 0.2) is 0 Å². The van der Waals surface area contributed by atoms with Gasteiger partial charge in [0, 0.05) is 25.7 Å². The fourth-order valence-electron chi connectivity index (χ4n) is 2.89. The number of halogens is 3. The Balaban J connectivity index is 1.96. The highest BCUT2D eigenvalue weighted by atomic mass is 19.4. The van der Waals surface area contributed by atoms with Crippen LogP contribution in [-0.2, 0) is 17.5 Å². The molecule has 1 aliphatic heterocycles. The molecule has 1 aliphatic rings. The molecule has 1 amide bonds. The van der Waals surface area contributed by atoms with Gasteiger partial charge >= 0.3 is 6.18 Å². The predicted octanol–water partition coefficient (Wildman–Crippen LogP) is 1.88. The predicted molar refractivity (Wildman–Crippen MR) is 78.8 cm³/mol. The van der Waals surface area contributed by atoms with Crippen LogP contribution < -0.4 is 5.32 Å². The van der Waals surface area contributed by atoms with Gasteiger partial charge < -0.3 is 14.8 Å².